The zero-order valence-corrected chi connectivity index (χ0v) is 9.01. The molecule has 0 bridgehead atoms. The summed E-state index contributed by atoms with van der Waals surface area (Å²) in [5.41, 5.74) is 0.632. The summed E-state index contributed by atoms with van der Waals surface area (Å²) in [5, 5.41) is 0. The van der Waals surface area contributed by atoms with Crippen molar-refractivity contribution < 1.29 is 9.13 Å². The van der Waals surface area contributed by atoms with Gasteiger partial charge in [0.1, 0.15) is 11.6 Å². The van der Waals surface area contributed by atoms with E-state index in [0.29, 0.717) is 18.1 Å². The fraction of sp³-hybridized carbons (Fsp3) is 0.500. The van der Waals surface area contributed by atoms with E-state index in [4.69, 9.17) is 4.74 Å². The van der Waals surface area contributed by atoms with E-state index in [1.165, 1.54) is 6.07 Å². The molecule has 0 N–H and O–H groups in total. The minimum Gasteiger partial charge on any atom is -0.494 e. The first-order chi connectivity index (χ1) is 6.59. The van der Waals surface area contributed by atoms with Crippen molar-refractivity contribution in [1.29, 1.82) is 0 Å². The second-order valence-electron chi connectivity index (χ2n) is 3.94. The van der Waals surface area contributed by atoms with Gasteiger partial charge in [0.05, 0.1) is 6.61 Å². The molecule has 14 heavy (non-hydrogen) atoms. The zero-order valence-electron chi connectivity index (χ0n) is 9.01. The Morgan fingerprint density at radius 1 is 1.36 bits per heavy atom. The molecule has 0 aliphatic heterocycles. The molecule has 0 heterocycles. The Morgan fingerprint density at radius 2 is 2.07 bits per heavy atom. The van der Waals surface area contributed by atoms with Crippen molar-refractivity contribution in [3.8, 4) is 5.75 Å². The normalized spacial score (nSPS) is 10.6. The van der Waals surface area contributed by atoms with Gasteiger partial charge < -0.3 is 4.74 Å². The van der Waals surface area contributed by atoms with Gasteiger partial charge >= 0.3 is 0 Å². The Bertz CT molecular complexity index is 294. The van der Waals surface area contributed by atoms with E-state index in [1.807, 2.05) is 0 Å². The summed E-state index contributed by atoms with van der Waals surface area (Å²) < 4.78 is 18.4. The number of ether oxygens (including phenoxy) is 1. The van der Waals surface area contributed by atoms with E-state index in [1.54, 1.807) is 19.1 Å². The SMILES string of the molecule is Cc1cc(OCCC(C)C)ccc1F. The van der Waals surface area contributed by atoms with Crippen molar-refractivity contribution in [2.45, 2.75) is 27.2 Å². The van der Waals surface area contributed by atoms with Gasteiger partial charge in [0.15, 0.2) is 0 Å². The summed E-state index contributed by atoms with van der Waals surface area (Å²) in [4.78, 5) is 0. The molecule has 0 aliphatic rings. The van der Waals surface area contributed by atoms with Gasteiger partial charge in [-0.05, 0) is 43.0 Å². The van der Waals surface area contributed by atoms with Gasteiger partial charge in [0.2, 0.25) is 0 Å². The molecule has 0 spiro atoms. The fourth-order valence-corrected chi connectivity index (χ4v) is 1.12. The molecule has 0 radical (unpaired) electrons. The maximum Gasteiger partial charge on any atom is 0.126 e. The van der Waals surface area contributed by atoms with Gasteiger partial charge in [-0.25, -0.2) is 4.39 Å². The van der Waals surface area contributed by atoms with Crippen molar-refractivity contribution in [2.75, 3.05) is 6.61 Å². The van der Waals surface area contributed by atoms with E-state index in [-0.39, 0.29) is 5.82 Å². The molecule has 2 heteroatoms. The van der Waals surface area contributed by atoms with Crippen LogP contribution in [0.2, 0.25) is 0 Å². The average molecular weight is 196 g/mol. The maximum absolute atomic E-state index is 12.9. The minimum absolute atomic E-state index is 0.179. The molecular weight excluding hydrogens is 179 g/mol. The van der Waals surface area contributed by atoms with E-state index < -0.39 is 0 Å². The van der Waals surface area contributed by atoms with Crippen molar-refractivity contribution in [3.05, 3.63) is 29.6 Å². The van der Waals surface area contributed by atoms with Crippen LogP contribution in [0.5, 0.6) is 5.75 Å². The zero-order chi connectivity index (χ0) is 10.6. The van der Waals surface area contributed by atoms with Crippen LogP contribution in [0.1, 0.15) is 25.8 Å². The second-order valence-corrected chi connectivity index (χ2v) is 3.94. The fourth-order valence-electron chi connectivity index (χ4n) is 1.12. The van der Waals surface area contributed by atoms with Crippen LogP contribution in [0.25, 0.3) is 0 Å². The lowest BCUT2D eigenvalue weighted by Gasteiger charge is -2.08. The van der Waals surface area contributed by atoms with E-state index >= 15 is 0 Å². The lowest BCUT2D eigenvalue weighted by molar-refractivity contribution is 0.289. The van der Waals surface area contributed by atoms with Crippen LogP contribution in [0.4, 0.5) is 4.39 Å². The summed E-state index contributed by atoms with van der Waals surface area (Å²) in [6.07, 6.45) is 1.02. The molecule has 1 nitrogen and oxygen atoms in total. The van der Waals surface area contributed by atoms with E-state index in [9.17, 15) is 4.39 Å². The van der Waals surface area contributed by atoms with Gasteiger partial charge in [0.25, 0.3) is 0 Å². The first kappa shape index (κ1) is 11.0. The third-order valence-electron chi connectivity index (χ3n) is 2.09. The average Bonchev–Trinajstić information content (AvgIpc) is 2.10. The third-order valence-corrected chi connectivity index (χ3v) is 2.09. The molecule has 0 fully saturated rings. The summed E-state index contributed by atoms with van der Waals surface area (Å²) in [7, 11) is 0. The van der Waals surface area contributed by atoms with E-state index in [2.05, 4.69) is 13.8 Å². The van der Waals surface area contributed by atoms with Crippen molar-refractivity contribution in [1.82, 2.24) is 0 Å². The van der Waals surface area contributed by atoms with Crippen molar-refractivity contribution in [2.24, 2.45) is 5.92 Å². The maximum atomic E-state index is 12.9. The predicted octanol–water partition coefficient (Wildman–Crippen LogP) is 3.56. The molecule has 0 aliphatic carbocycles. The molecule has 0 saturated heterocycles. The first-order valence-corrected chi connectivity index (χ1v) is 4.98. The number of aryl methyl sites for hydroxylation is 1. The summed E-state index contributed by atoms with van der Waals surface area (Å²) in [6.45, 7) is 6.74. The highest BCUT2D eigenvalue weighted by Gasteiger charge is 2.00. The highest BCUT2D eigenvalue weighted by Crippen LogP contribution is 2.16. The van der Waals surface area contributed by atoms with Gasteiger partial charge in [-0.3, -0.25) is 0 Å². The second kappa shape index (κ2) is 4.99. The first-order valence-electron chi connectivity index (χ1n) is 4.98. The summed E-state index contributed by atoms with van der Waals surface area (Å²) >= 11 is 0. The smallest absolute Gasteiger partial charge is 0.126 e. The van der Waals surface area contributed by atoms with Crippen LogP contribution in [0, 0.1) is 18.7 Å². The van der Waals surface area contributed by atoms with Crippen LogP contribution >= 0.6 is 0 Å². The number of hydrogen-bond donors (Lipinski definition) is 0. The Balaban J connectivity index is 2.47. The van der Waals surface area contributed by atoms with Crippen molar-refractivity contribution in [3.63, 3.8) is 0 Å². The van der Waals surface area contributed by atoms with Crippen LogP contribution in [-0.4, -0.2) is 6.61 Å². The Morgan fingerprint density at radius 3 is 2.64 bits per heavy atom. The van der Waals surface area contributed by atoms with Gasteiger partial charge in [0, 0.05) is 0 Å². The van der Waals surface area contributed by atoms with Crippen molar-refractivity contribution >= 4 is 0 Å². The molecular formula is C12H17FO. The molecule has 0 saturated carbocycles. The summed E-state index contributed by atoms with van der Waals surface area (Å²) in [5.74, 6) is 1.21. The number of halogens is 1. The molecule has 1 aromatic rings. The van der Waals surface area contributed by atoms with Crippen LogP contribution in [-0.2, 0) is 0 Å². The third kappa shape index (κ3) is 3.36. The Labute approximate surface area is 84.9 Å². The van der Waals surface area contributed by atoms with Crippen LogP contribution in [0.3, 0.4) is 0 Å². The molecule has 0 atom stereocenters. The van der Waals surface area contributed by atoms with Gasteiger partial charge in [-0.1, -0.05) is 13.8 Å². The Hall–Kier alpha value is -1.05. The highest BCUT2D eigenvalue weighted by molar-refractivity contribution is 5.28. The van der Waals surface area contributed by atoms with Crippen LogP contribution < -0.4 is 4.74 Å². The number of rotatable bonds is 4. The largest absolute Gasteiger partial charge is 0.494 e. The quantitative estimate of drug-likeness (QED) is 0.715. The molecule has 0 unspecified atom stereocenters. The van der Waals surface area contributed by atoms with E-state index in [0.717, 1.165) is 12.2 Å². The van der Waals surface area contributed by atoms with Gasteiger partial charge in [-0.15, -0.1) is 0 Å². The number of benzene rings is 1. The topological polar surface area (TPSA) is 9.23 Å². The summed E-state index contributed by atoms with van der Waals surface area (Å²) in [6, 6.07) is 4.85. The molecule has 1 aromatic carbocycles. The molecule has 0 aromatic heterocycles. The van der Waals surface area contributed by atoms with Gasteiger partial charge in [-0.2, -0.15) is 0 Å². The highest BCUT2D eigenvalue weighted by atomic mass is 19.1. The molecule has 78 valence electrons. The molecule has 0 amide bonds. The lowest BCUT2D eigenvalue weighted by atomic mass is 10.1. The predicted molar refractivity (Wildman–Crippen MR) is 56.1 cm³/mol. The number of hydrogen-bond acceptors (Lipinski definition) is 1. The minimum atomic E-state index is -0.179. The standard InChI is InChI=1S/C12H17FO/c1-9(2)6-7-14-11-4-5-12(13)10(3)8-11/h4-5,8-9H,6-7H2,1-3H3. The lowest BCUT2D eigenvalue weighted by Crippen LogP contribution is -2.01. The monoisotopic (exact) mass is 196 g/mol. The Kier molecular flexibility index (Phi) is 3.93. The van der Waals surface area contributed by atoms with Crippen LogP contribution in [0.15, 0.2) is 18.2 Å². The molecule has 1 rings (SSSR count).